The molecule has 3 heterocycles. The molecule has 0 atom stereocenters. The van der Waals surface area contributed by atoms with Crippen molar-refractivity contribution in [2.75, 3.05) is 25.0 Å². The molecule has 1 saturated heterocycles. The first kappa shape index (κ1) is 20.2. The Morgan fingerprint density at radius 2 is 2.07 bits per heavy atom. The molecule has 2 amide bonds. The van der Waals surface area contributed by atoms with Crippen LogP contribution in [-0.4, -0.2) is 41.6 Å². The lowest BCUT2D eigenvalue weighted by atomic mass is 9.96. The van der Waals surface area contributed by atoms with Gasteiger partial charge in [-0.25, -0.2) is 0 Å². The number of aromatic nitrogens is 1. The molecule has 0 bridgehead atoms. The lowest BCUT2D eigenvalue weighted by Gasteiger charge is -2.30. The maximum absolute atomic E-state index is 12.5. The van der Waals surface area contributed by atoms with Crippen LogP contribution in [0.4, 0.5) is 5.82 Å². The molecule has 7 nitrogen and oxygen atoms in total. The van der Waals surface area contributed by atoms with E-state index in [0.717, 1.165) is 16.9 Å². The molecule has 1 N–H and O–H groups in total. The average molecular weight is 428 g/mol. The molecule has 1 aromatic carbocycles. The number of hydrogen-bond acceptors (Lipinski definition) is 5. The van der Waals surface area contributed by atoms with Crippen LogP contribution in [0.1, 0.15) is 24.2 Å². The molecule has 4 rings (SSSR count). The summed E-state index contributed by atoms with van der Waals surface area (Å²) in [5, 5.41) is 7.18. The zero-order valence-electron chi connectivity index (χ0n) is 16.6. The minimum Gasteiger partial charge on any atom is -0.488 e. The summed E-state index contributed by atoms with van der Waals surface area (Å²) in [6, 6.07) is 7.14. The summed E-state index contributed by atoms with van der Waals surface area (Å²) in [6.07, 6.45) is 6.53. The number of benzene rings is 1. The number of aryl methyl sites for hydroxylation is 1. The van der Waals surface area contributed by atoms with Gasteiger partial charge in [0, 0.05) is 41.7 Å². The Balaban J connectivity index is 1.30. The molecular weight excluding hydrogens is 406 g/mol. The highest BCUT2D eigenvalue weighted by Gasteiger charge is 2.27. The van der Waals surface area contributed by atoms with E-state index in [9.17, 15) is 9.59 Å². The summed E-state index contributed by atoms with van der Waals surface area (Å²) in [7, 11) is 0. The number of nitrogens with one attached hydrogen (secondary N) is 1. The van der Waals surface area contributed by atoms with Crippen molar-refractivity contribution >= 4 is 35.3 Å². The number of fused-ring (bicyclic) bond motifs is 1. The Hall–Kier alpha value is -3.06. The minimum atomic E-state index is -0.147. The summed E-state index contributed by atoms with van der Waals surface area (Å²) in [5.74, 6) is 1.54. The van der Waals surface area contributed by atoms with Gasteiger partial charge in [-0.3, -0.25) is 9.59 Å². The molecule has 2 aromatic rings. The van der Waals surface area contributed by atoms with Crippen molar-refractivity contribution in [1.29, 1.82) is 0 Å². The van der Waals surface area contributed by atoms with Gasteiger partial charge in [0.05, 0.1) is 0 Å². The fourth-order valence-electron chi connectivity index (χ4n) is 3.56. The van der Waals surface area contributed by atoms with Crippen LogP contribution in [0.15, 0.2) is 46.5 Å². The molecule has 30 heavy (non-hydrogen) atoms. The molecule has 0 spiro atoms. The molecule has 2 aliphatic heterocycles. The van der Waals surface area contributed by atoms with E-state index in [1.165, 1.54) is 0 Å². The van der Waals surface area contributed by atoms with Crippen molar-refractivity contribution in [2.24, 2.45) is 5.92 Å². The molecule has 0 aliphatic carbocycles. The first-order valence-electron chi connectivity index (χ1n) is 9.82. The number of carbonyl (C=O) groups excluding carboxylic acids is 2. The van der Waals surface area contributed by atoms with Gasteiger partial charge in [0.15, 0.2) is 5.82 Å². The van der Waals surface area contributed by atoms with Crippen molar-refractivity contribution in [1.82, 2.24) is 10.1 Å². The predicted octanol–water partition coefficient (Wildman–Crippen LogP) is 3.85. The number of nitrogens with zero attached hydrogens (tertiary/aromatic N) is 2. The molecule has 0 radical (unpaired) electrons. The maximum Gasteiger partial charge on any atom is 0.246 e. The number of hydrogen-bond donors (Lipinski definition) is 1. The van der Waals surface area contributed by atoms with Crippen molar-refractivity contribution in [3.05, 3.63) is 58.3 Å². The first-order valence-corrected chi connectivity index (χ1v) is 10.2. The van der Waals surface area contributed by atoms with Crippen LogP contribution < -0.4 is 10.1 Å². The predicted molar refractivity (Wildman–Crippen MR) is 113 cm³/mol. The molecule has 2 aliphatic rings. The molecule has 1 aromatic heterocycles. The smallest absolute Gasteiger partial charge is 0.246 e. The van der Waals surface area contributed by atoms with E-state index in [2.05, 4.69) is 10.5 Å². The van der Waals surface area contributed by atoms with E-state index in [4.69, 9.17) is 20.9 Å². The number of piperidine rings is 1. The number of anilines is 1. The third kappa shape index (κ3) is 4.74. The molecule has 156 valence electrons. The normalized spacial score (nSPS) is 16.7. The average Bonchev–Trinajstić information content (AvgIpc) is 3.16. The summed E-state index contributed by atoms with van der Waals surface area (Å²) in [5.41, 5.74) is 1.80. The largest absolute Gasteiger partial charge is 0.488 e. The van der Waals surface area contributed by atoms with Gasteiger partial charge in [-0.2, -0.15) is 0 Å². The molecule has 8 heteroatoms. The molecule has 1 fully saturated rings. The summed E-state index contributed by atoms with van der Waals surface area (Å²) in [6.45, 7) is 3.24. The zero-order valence-corrected chi connectivity index (χ0v) is 17.3. The number of ether oxygens (including phenoxy) is 1. The Labute approximate surface area is 179 Å². The standard InChI is InChI=1S/C22H22ClN3O4/c1-14-10-20(25-30-14)24-22(28)16-6-8-26(9-7-16)21(27)5-2-15-11-17-12-18(23)3-4-19(17)29-13-15/h2-5,10-12,16H,6-9,13H2,1H3,(H,24,25,28)/b5-2+. The fourth-order valence-corrected chi connectivity index (χ4v) is 3.74. The second-order valence-electron chi connectivity index (χ2n) is 7.44. The highest BCUT2D eigenvalue weighted by atomic mass is 35.5. The highest BCUT2D eigenvalue weighted by molar-refractivity contribution is 6.30. The first-order chi connectivity index (χ1) is 14.5. The van der Waals surface area contributed by atoms with Gasteiger partial charge in [0.1, 0.15) is 18.1 Å². The van der Waals surface area contributed by atoms with Crippen molar-refractivity contribution < 1.29 is 18.8 Å². The van der Waals surface area contributed by atoms with E-state index in [1.807, 2.05) is 18.2 Å². The van der Waals surface area contributed by atoms with Gasteiger partial charge in [-0.05, 0) is 49.6 Å². The number of likely N-dealkylation sites (tertiary alicyclic amines) is 1. The number of rotatable bonds is 4. The Bertz CT molecular complexity index is 1020. The number of amides is 2. The van der Waals surface area contributed by atoms with Crippen LogP contribution in [0, 0.1) is 12.8 Å². The van der Waals surface area contributed by atoms with Crippen LogP contribution in [0.25, 0.3) is 6.08 Å². The minimum absolute atomic E-state index is 0.0706. The quantitative estimate of drug-likeness (QED) is 0.749. The summed E-state index contributed by atoms with van der Waals surface area (Å²) >= 11 is 6.03. The van der Waals surface area contributed by atoms with Crippen LogP contribution in [0.2, 0.25) is 5.02 Å². The lowest BCUT2D eigenvalue weighted by Crippen LogP contribution is -2.40. The van der Waals surface area contributed by atoms with Crippen LogP contribution in [0.3, 0.4) is 0 Å². The van der Waals surface area contributed by atoms with Gasteiger partial charge in [-0.15, -0.1) is 0 Å². The maximum atomic E-state index is 12.5. The fraction of sp³-hybridized carbons (Fsp3) is 0.318. The summed E-state index contributed by atoms with van der Waals surface area (Å²) in [4.78, 5) is 26.7. The van der Waals surface area contributed by atoms with Crippen LogP contribution >= 0.6 is 11.6 Å². The van der Waals surface area contributed by atoms with Crippen molar-refractivity contribution in [3.63, 3.8) is 0 Å². The zero-order chi connectivity index (χ0) is 21.1. The molecule has 0 saturated carbocycles. The molecule has 0 unspecified atom stereocenters. The SMILES string of the molecule is Cc1cc(NC(=O)C2CCN(C(=O)/C=C/C3=Cc4cc(Cl)ccc4OC3)CC2)no1. The van der Waals surface area contributed by atoms with Gasteiger partial charge in [0.25, 0.3) is 0 Å². The molecular formula is C22H22ClN3O4. The van der Waals surface area contributed by atoms with E-state index >= 15 is 0 Å². The van der Waals surface area contributed by atoms with Gasteiger partial charge < -0.3 is 19.5 Å². The van der Waals surface area contributed by atoms with Crippen LogP contribution in [0.5, 0.6) is 5.75 Å². The second-order valence-corrected chi connectivity index (χ2v) is 7.87. The lowest BCUT2D eigenvalue weighted by molar-refractivity contribution is -0.130. The van der Waals surface area contributed by atoms with E-state index in [1.54, 1.807) is 36.1 Å². The van der Waals surface area contributed by atoms with Gasteiger partial charge in [0.2, 0.25) is 11.8 Å². The second kappa shape index (κ2) is 8.75. The Kier molecular flexibility index (Phi) is 5.90. The topological polar surface area (TPSA) is 84.7 Å². The Morgan fingerprint density at radius 1 is 1.27 bits per heavy atom. The number of carbonyl (C=O) groups is 2. The van der Waals surface area contributed by atoms with Crippen molar-refractivity contribution in [3.8, 4) is 5.75 Å². The van der Waals surface area contributed by atoms with Gasteiger partial charge >= 0.3 is 0 Å². The summed E-state index contributed by atoms with van der Waals surface area (Å²) < 4.78 is 10.7. The van der Waals surface area contributed by atoms with Crippen molar-refractivity contribution in [2.45, 2.75) is 19.8 Å². The van der Waals surface area contributed by atoms with E-state index < -0.39 is 0 Å². The van der Waals surface area contributed by atoms with E-state index in [-0.39, 0.29) is 17.7 Å². The van der Waals surface area contributed by atoms with E-state index in [0.29, 0.717) is 49.1 Å². The highest BCUT2D eigenvalue weighted by Crippen LogP contribution is 2.29. The monoisotopic (exact) mass is 427 g/mol. The van der Waals surface area contributed by atoms with Crippen LogP contribution in [-0.2, 0) is 9.59 Å². The number of halogens is 1. The third-order valence-electron chi connectivity index (χ3n) is 5.20. The third-order valence-corrected chi connectivity index (χ3v) is 5.44. The Morgan fingerprint density at radius 3 is 2.80 bits per heavy atom. The van der Waals surface area contributed by atoms with Gasteiger partial charge in [-0.1, -0.05) is 22.8 Å².